The molecule has 1 aromatic heterocycles. The van der Waals surface area contributed by atoms with E-state index in [0.29, 0.717) is 29.5 Å². The maximum Gasteiger partial charge on any atom is 0.231 e. The summed E-state index contributed by atoms with van der Waals surface area (Å²) in [5, 5.41) is 4.20. The lowest BCUT2D eigenvalue weighted by Gasteiger charge is -2.38. The van der Waals surface area contributed by atoms with Crippen molar-refractivity contribution in [1.82, 2.24) is 4.98 Å². The van der Waals surface area contributed by atoms with Gasteiger partial charge >= 0.3 is 0 Å². The number of amides is 1. The van der Waals surface area contributed by atoms with Crippen LogP contribution in [0.4, 0.5) is 15.2 Å². The predicted molar refractivity (Wildman–Crippen MR) is 102 cm³/mol. The molecule has 5 nitrogen and oxygen atoms in total. The fourth-order valence-corrected chi connectivity index (χ4v) is 4.02. The zero-order valence-corrected chi connectivity index (χ0v) is 15.4. The molecule has 1 saturated heterocycles. The van der Waals surface area contributed by atoms with E-state index >= 15 is 0 Å². The molecule has 0 aliphatic carbocycles. The van der Waals surface area contributed by atoms with E-state index < -0.39 is 0 Å². The number of methoxy groups -OCH3 is 1. The van der Waals surface area contributed by atoms with E-state index in [0.717, 1.165) is 15.3 Å². The van der Waals surface area contributed by atoms with Crippen LogP contribution in [0.2, 0.25) is 5.02 Å². The summed E-state index contributed by atoms with van der Waals surface area (Å²) in [7, 11) is 1.54. The van der Waals surface area contributed by atoms with Crippen molar-refractivity contribution in [2.45, 2.75) is 0 Å². The summed E-state index contributed by atoms with van der Waals surface area (Å²) in [5.74, 6) is 0.0487. The molecule has 1 N–H and O–H groups in total. The normalized spacial score (nSPS) is 14.3. The Morgan fingerprint density at radius 1 is 1.35 bits per heavy atom. The number of benzene rings is 2. The van der Waals surface area contributed by atoms with Crippen molar-refractivity contribution in [2.75, 3.05) is 30.4 Å². The number of carbonyl (C=O) groups is 1. The van der Waals surface area contributed by atoms with E-state index in [9.17, 15) is 9.18 Å². The Morgan fingerprint density at radius 2 is 2.15 bits per heavy atom. The first-order valence-corrected chi connectivity index (χ1v) is 9.18. The van der Waals surface area contributed by atoms with Gasteiger partial charge in [-0.05, 0) is 36.4 Å². The second-order valence-electron chi connectivity index (χ2n) is 6.04. The maximum atomic E-state index is 13.3. The van der Waals surface area contributed by atoms with E-state index in [-0.39, 0.29) is 17.6 Å². The number of carbonyl (C=O) groups excluding carboxylic acids is 1. The number of thiazole rings is 1. The Labute approximate surface area is 158 Å². The standard InChI is InChI=1S/C18H15ClFN3O2S/c1-25-15-5-2-11(19)6-14(15)21-17(24)10-8-23(9-10)18-22-13-4-3-12(20)7-16(13)26-18/h2-7,10H,8-9H2,1H3,(H,21,24). The minimum atomic E-state index is -0.274. The Hall–Kier alpha value is -2.38. The number of anilines is 2. The highest BCUT2D eigenvalue weighted by molar-refractivity contribution is 7.22. The minimum Gasteiger partial charge on any atom is -0.495 e. The molecule has 1 amide bonds. The second-order valence-corrected chi connectivity index (χ2v) is 7.49. The SMILES string of the molecule is COc1ccc(Cl)cc1NC(=O)C1CN(c2nc3ccc(F)cc3s2)C1. The first kappa shape index (κ1) is 17.1. The van der Waals surface area contributed by atoms with Crippen molar-refractivity contribution in [3.05, 3.63) is 47.2 Å². The van der Waals surface area contributed by atoms with E-state index in [2.05, 4.69) is 10.3 Å². The molecule has 0 atom stereocenters. The molecule has 1 fully saturated rings. The quantitative estimate of drug-likeness (QED) is 0.725. The summed E-state index contributed by atoms with van der Waals surface area (Å²) < 4.78 is 19.3. The van der Waals surface area contributed by atoms with Gasteiger partial charge in [-0.15, -0.1) is 0 Å². The topological polar surface area (TPSA) is 54.5 Å². The van der Waals surface area contributed by atoms with Gasteiger partial charge in [-0.2, -0.15) is 0 Å². The lowest BCUT2D eigenvalue weighted by atomic mass is 10.00. The number of rotatable bonds is 4. The largest absolute Gasteiger partial charge is 0.495 e. The van der Waals surface area contributed by atoms with Gasteiger partial charge in [0.25, 0.3) is 0 Å². The van der Waals surface area contributed by atoms with Crippen LogP contribution in [-0.2, 0) is 4.79 Å². The summed E-state index contributed by atoms with van der Waals surface area (Å²) in [4.78, 5) is 19.0. The van der Waals surface area contributed by atoms with Crippen molar-refractivity contribution >= 4 is 49.9 Å². The molecule has 134 valence electrons. The van der Waals surface area contributed by atoms with Gasteiger partial charge in [-0.3, -0.25) is 4.79 Å². The molecular weight excluding hydrogens is 377 g/mol. The third-order valence-electron chi connectivity index (χ3n) is 4.28. The zero-order chi connectivity index (χ0) is 18.3. The summed E-state index contributed by atoms with van der Waals surface area (Å²) >= 11 is 7.42. The van der Waals surface area contributed by atoms with Gasteiger partial charge in [0.15, 0.2) is 5.13 Å². The highest BCUT2D eigenvalue weighted by atomic mass is 35.5. The Balaban J connectivity index is 1.42. The molecule has 0 unspecified atom stereocenters. The highest BCUT2D eigenvalue weighted by Gasteiger charge is 2.34. The smallest absolute Gasteiger partial charge is 0.231 e. The number of ether oxygens (including phenoxy) is 1. The lowest BCUT2D eigenvalue weighted by Crippen LogP contribution is -2.52. The second kappa shape index (κ2) is 6.74. The fraction of sp³-hybridized carbons (Fsp3) is 0.222. The first-order valence-electron chi connectivity index (χ1n) is 7.99. The molecule has 2 aromatic carbocycles. The van der Waals surface area contributed by atoms with Gasteiger partial charge in [0.2, 0.25) is 5.91 Å². The molecule has 1 aliphatic rings. The lowest BCUT2D eigenvalue weighted by molar-refractivity contribution is -0.120. The summed E-state index contributed by atoms with van der Waals surface area (Å²) in [6.45, 7) is 1.13. The molecule has 2 heterocycles. The molecular formula is C18H15ClFN3O2S. The molecule has 4 rings (SSSR count). The summed E-state index contributed by atoms with van der Waals surface area (Å²) in [5.41, 5.74) is 1.32. The zero-order valence-electron chi connectivity index (χ0n) is 13.8. The average Bonchev–Trinajstić information content (AvgIpc) is 2.96. The predicted octanol–water partition coefficient (Wildman–Crippen LogP) is 4.17. The molecule has 0 saturated carbocycles. The number of fused-ring (bicyclic) bond motifs is 1. The van der Waals surface area contributed by atoms with Crippen LogP contribution < -0.4 is 15.0 Å². The number of aromatic nitrogens is 1. The Morgan fingerprint density at radius 3 is 2.92 bits per heavy atom. The van der Waals surface area contributed by atoms with Crippen LogP contribution in [-0.4, -0.2) is 31.1 Å². The van der Waals surface area contributed by atoms with Crippen LogP contribution >= 0.6 is 22.9 Å². The number of hydrogen-bond donors (Lipinski definition) is 1. The molecule has 0 radical (unpaired) electrons. The monoisotopic (exact) mass is 391 g/mol. The molecule has 3 aromatic rings. The van der Waals surface area contributed by atoms with Crippen LogP contribution in [0.5, 0.6) is 5.75 Å². The van der Waals surface area contributed by atoms with Crippen LogP contribution in [0.1, 0.15) is 0 Å². The van der Waals surface area contributed by atoms with Crippen LogP contribution in [0, 0.1) is 11.7 Å². The fourth-order valence-electron chi connectivity index (χ4n) is 2.83. The van der Waals surface area contributed by atoms with Crippen molar-refractivity contribution in [3.63, 3.8) is 0 Å². The van der Waals surface area contributed by atoms with Crippen molar-refractivity contribution < 1.29 is 13.9 Å². The summed E-state index contributed by atoms with van der Waals surface area (Å²) in [6, 6.07) is 9.63. The van der Waals surface area contributed by atoms with Gasteiger partial charge in [0, 0.05) is 18.1 Å². The van der Waals surface area contributed by atoms with Crippen LogP contribution in [0.25, 0.3) is 10.2 Å². The van der Waals surface area contributed by atoms with E-state index in [1.807, 2.05) is 4.90 Å². The minimum absolute atomic E-state index is 0.0889. The summed E-state index contributed by atoms with van der Waals surface area (Å²) in [6.07, 6.45) is 0. The molecule has 1 aliphatic heterocycles. The van der Waals surface area contributed by atoms with Crippen LogP contribution in [0.15, 0.2) is 36.4 Å². The third-order valence-corrected chi connectivity index (χ3v) is 5.60. The Kier molecular flexibility index (Phi) is 4.42. The number of nitrogens with one attached hydrogen (secondary N) is 1. The number of hydrogen-bond acceptors (Lipinski definition) is 5. The number of nitrogens with zero attached hydrogens (tertiary/aromatic N) is 2. The maximum absolute atomic E-state index is 13.3. The molecule has 26 heavy (non-hydrogen) atoms. The van der Waals surface area contributed by atoms with Crippen LogP contribution in [0.3, 0.4) is 0 Å². The van der Waals surface area contributed by atoms with E-state index in [1.165, 1.54) is 23.5 Å². The van der Waals surface area contributed by atoms with Gasteiger partial charge in [-0.1, -0.05) is 22.9 Å². The van der Waals surface area contributed by atoms with Gasteiger partial charge < -0.3 is 15.0 Å². The van der Waals surface area contributed by atoms with Gasteiger partial charge in [0.05, 0.1) is 28.9 Å². The highest BCUT2D eigenvalue weighted by Crippen LogP contribution is 2.34. The molecule has 8 heteroatoms. The van der Waals surface area contributed by atoms with Gasteiger partial charge in [0.1, 0.15) is 11.6 Å². The van der Waals surface area contributed by atoms with Crippen molar-refractivity contribution in [3.8, 4) is 5.75 Å². The van der Waals surface area contributed by atoms with E-state index in [1.54, 1.807) is 31.4 Å². The average molecular weight is 392 g/mol. The van der Waals surface area contributed by atoms with Crippen molar-refractivity contribution in [1.29, 1.82) is 0 Å². The van der Waals surface area contributed by atoms with Crippen molar-refractivity contribution in [2.24, 2.45) is 5.92 Å². The van der Waals surface area contributed by atoms with E-state index in [4.69, 9.17) is 16.3 Å². The third kappa shape index (κ3) is 3.20. The number of halogens is 2. The van der Waals surface area contributed by atoms with Gasteiger partial charge in [-0.25, -0.2) is 9.37 Å². The first-order chi connectivity index (χ1) is 12.5. The molecule has 0 spiro atoms. The molecule has 0 bridgehead atoms. The Bertz CT molecular complexity index is 988.